The van der Waals surface area contributed by atoms with Crippen LogP contribution in [0.1, 0.15) is 77.1 Å². The molecule has 0 aliphatic heterocycles. The number of aromatic nitrogens is 2. The average molecular weight is 263 g/mol. The molecule has 0 saturated heterocycles. The lowest BCUT2D eigenvalue weighted by Crippen LogP contribution is -2.24. The Morgan fingerprint density at radius 3 is 2.58 bits per heavy atom. The van der Waals surface area contributed by atoms with Crippen LogP contribution in [0.3, 0.4) is 0 Å². The molecule has 108 valence electrons. The van der Waals surface area contributed by atoms with Crippen molar-refractivity contribution >= 4 is 0 Å². The highest BCUT2D eigenvalue weighted by atomic mass is 15.1. The van der Waals surface area contributed by atoms with Crippen LogP contribution in [0.4, 0.5) is 0 Å². The highest BCUT2D eigenvalue weighted by Crippen LogP contribution is 2.36. The first-order valence-electron chi connectivity index (χ1n) is 7.90. The molecule has 1 heterocycles. The second-order valence-electron chi connectivity index (χ2n) is 6.46. The molecule has 2 rings (SSSR count). The van der Waals surface area contributed by atoms with Crippen LogP contribution in [0.5, 0.6) is 0 Å². The first-order valence-corrected chi connectivity index (χ1v) is 7.90. The lowest BCUT2D eigenvalue weighted by molar-refractivity contribution is 0.255. The van der Waals surface area contributed by atoms with E-state index in [1.54, 1.807) is 0 Å². The van der Waals surface area contributed by atoms with Gasteiger partial charge in [0.1, 0.15) is 0 Å². The molecular weight excluding hydrogens is 234 g/mol. The number of rotatable bonds is 5. The highest BCUT2D eigenvalue weighted by Gasteiger charge is 2.25. The quantitative estimate of drug-likeness (QED) is 0.870. The van der Waals surface area contributed by atoms with E-state index in [9.17, 15) is 0 Å². The summed E-state index contributed by atoms with van der Waals surface area (Å²) in [6, 6.07) is 0.728. The lowest BCUT2D eigenvalue weighted by atomic mass is 9.83. The number of nitrogens with two attached hydrogens (primary N) is 1. The molecular formula is C16H29N3. The van der Waals surface area contributed by atoms with Crippen molar-refractivity contribution in [2.45, 2.75) is 71.4 Å². The predicted octanol–water partition coefficient (Wildman–Crippen LogP) is 4.07. The van der Waals surface area contributed by atoms with Crippen molar-refractivity contribution < 1.29 is 0 Å². The van der Waals surface area contributed by atoms with Crippen molar-refractivity contribution in [2.24, 2.45) is 17.6 Å². The Kier molecular flexibility index (Phi) is 5.03. The topological polar surface area (TPSA) is 43.8 Å². The second-order valence-corrected chi connectivity index (χ2v) is 6.46. The van der Waals surface area contributed by atoms with E-state index in [2.05, 4.69) is 30.3 Å². The minimum Gasteiger partial charge on any atom is -0.330 e. The molecule has 1 unspecified atom stereocenters. The fourth-order valence-electron chi connectivity index (χ4n) is 3.34. The number of hydrogen-bond acceptors (Lipinski definition) is 2. The minimum atomic E-state index is 0.107. The summed E-state index contributed by atoms with van der Waals surface area (Å²) in [5.41, 5.74) is 7.52. The normalized spacial score (nSPS) is 25.7. The van der Waals surface area contributed by atoms with E-state index in [-0.39, 0.29) is 6.04 Å². The van der Waals surface area contributed by atoms with E-state index in [1.165, 1.54) is 44.2 Å². The standard InChI is InChI=1S/C16H29N3/c1-4-5-13-6-8-14(9-7-13)19-11-18-10-15(19)16(17)12(2)3/h10-14,16H,4-9,17H2,1-3H3. The van der Waals surface area contributed by atoms with Gasteiger partial charge in [0.15, 0.2) is 0 Å². The maximum Gasteiger partial charge on any atom is 0.0951 e. The predicted molar refractivity (Wildman–Crippen MR) is 79.9 cm³/mol. The molecule has 0 aromatic carbocycles. The van der Waals surface area contributed by atoms with Crippen LogP contribution < -0.4 is 5.73 Å². The van der Waals surface area contributed by atoms with E-state index in [0.717, 1.165) is 5.92 Å². The Bertz CT molecular complexity index is 375. The zero-order valence-corrected chi connectivity index (χ0v) is 12.7. The molecule has 2 N–H and O–H groups in total. The fraction of sp³-hybridized carbons (Fsp3) is 0.812. The average Bonchev–Trinajstić information content (AvgIpc) is 2.88. The Morgan fingerprint density at radius 2 is 2.00 bits per heavy atom. The first kappa shape index (κ1) is 14.6. The molecule has 3 heteroatoms. The summed E-state index contributed by atoms with van der Waals surface area (Å²) in [6.07, 6.45) is 12.0. The van der Waals surface area contributed by atoms with Crippen molar-refractivity contribution in [1.82, 2.24) is 9.55 Å². The van der Waals surface area contributed by atoms with Gasteiger partial charge in [-0.25, -0.2) is 4.98 Å². The molecule has 0 amide bonds. The Morgan fingerprint density at radius 1 is 1.32 bits per heavy atom. The second kappa shape index (κ2) is 6.56. The van der Waals surface area contributed by atoms with E-state index in [0.29, 0.717) is 12.0 Å². The third-order valence-corrected chi connectivity index (χ3v) is 4.66. The lowest BCUT2D eigenvalue weighted by Gasteiger charge is -2.31. The zero-order valence-electron chi connectivity index (χ0n) is 12.7. The van der Waals surface area contributed by atoms with Gasteiger partial charge in [-0.15, -0.1) is 0 Å². The van der Waals surface area contributed by atoms with E-state index in [4.69, 9.17) is 5.73 Å². The van der Waals surface area contributed by atoms with Gasteiger partial charge in [-0.1, -0.05) is 33.6 Å². The van der Waals surface area contributed by atoms with Crippen molar-refractivity contribution in [3.63, 3.8) is 0 Å². The fourth-order valence-corrected chi connectivity index (χ4v) is 3.34. The molecule has 0 radical (unpaired) electrons. The van der Waals surface area contributed by atoms with Gasteiger partial charge >= 0.3 is 0 Å². The molecule has 1 atom stereocenters. The molecule has 1 aliphatic carbocycles. The van der Waals surface area contributed by atoms with E-state index < -0.39 is 0 Å². The summed E-state index contributed by atoms with van der Waals surface area (Å²) in [5, 5.41) is 0. The maximum absolute atomic E-state index is 6.30. The third kappa shape index (κ3) is 3.38. The number of hydrogen-bond donors (Lipinski definition) is 1. The van der Waals surface area contributed by atoms with Gasteiger partial charge in [0, 0.05) is 18.3 Å². The first-order chi connectivity index (χ1) is 9.13. The molecule has 1 aliphatic rings. The van der Waals surface area contributed by atoms with Crippen LogP contribution in [0, 0.1) is 11.8 Å². The van der Waals surface area contributed by atoms with Crippen molar-refractivity contribution in [2.75, 3.05) is 0 Å². The molecule has 3 nitrogen and oxygen atoms in total. The molecule has 1 aromatic heterocycles. The minimum absolute atomic E-state index is 0.107. The summed E-state index contributed by atoms with van der Waals surface area (Å²) in [6.45, 7) is 6.65. The molecule has 1 aromatic rings. The number of imidazole rings is 1. The van der Waals surface area contributed by atoms with Gasteiger partial charge in [-0.3, -0.25) is 0 Å². The van der Waals surface area contributed by atoms with Gasteiger partial charge in [-0.2, -0.15) is 0 Å². The van der Waals surface area contributed by atoms with Crippen LogP contribution in [0.2, 0.25) is 0 Å². The van der Waals surface area contributed by atoms with Crippen LogP contribution in [0.25, 0.3) is 0 Å². The van der Waals surface area contributed by atoms with Crippen LogP contribution in [0.15, 0.2) is 12.5 Å². The summed E-state index contributed by atoms with van der Waals surface area (Å²) < 4.78 is 2.35. The summed E-state index contributed by atoms with van der Waals surface area (Å²) in [7, 11) is 0. The number of nitrogens with zero attached hydrogens (tertiary/aromatic N) is 2. The summed E-state index contributed by atoms with van der Waals surface area (Å²) >= 11 is 0. The maximum atomic E-state index is 6.30. The van der Waals surface area contributed by atoms with Crippen molar-refractivity contribution in [3.05, 3.63) is 18.2 Å². The SMILES string of the molecule is CCCC1CCC(n2cncc2C(N)C(C)C)CC1. The van der Waals surface area contributed by atoms with Gasteiger partial charge in [0.05, 0.1) is 12.0 Å². The van der Waals surface area contributed by atoms with Gasteiger partial charge < -0.3 is 10.3 Å². The third-order valence-electron chi connectivity index (χ3n) is 4.66. The van der Waals surface area contributed by atoms with Crippen molar-refractivity contribution in [1.29, 1.82) is 0 Å². The Hall–Kier alpha value is -0.830. The smallest absolute Gasteiger partial charge is 0.0951 e. The largest absolute Gasteiger partial charge is 0.330 e. The Labute approximate surface area is 117 Å². The zero-order chi connectivity index (χ0) is 13.8. The van der Waals surface area contributed by atoms with Gasteiger partial charge in [0.25, 0.3) is 0 Å². The van der Waals surface area contributed by atoms with Gasteiger partial charge in [0.2, 0.25) is 0 Å². The molecule has 0 bridgehead atoms. The summed E-state index contributed by atoms with van der Waals surface area (Å²) in [4.78, 5) is 4.34. The molecule has 19 heavy (non-hydrogen) atoms. The molecule has 1 saturated carbocycles. The molecule has 0 spiro atoms. The van der Waals surface area contributed by atoms with Crippen molar-refractivity contribution in [3.8, 4) is 0 Å². The highest BCUT2D eigenvalue weighted by molar-refractivity contribution is 5.07. The van der Waals surface area contributed by atoms with Gasteiger partial charge in [-0.05, 0) is 37.5 Å². The van der Waals surface area contributed by atoms with Crippen LogP contribution in [-0.4, -0.2) is 9.55 Å². The van der Waals surface area contributed by atoms with E-state index >= 15 is 0 Å². The van der Waals surface area contributed by atoms with Crippen LogP contribution >= 0.6 is 0 Å². The summed E-state index contributed by atoms with van der Waals surface area (Å²) in [5.74, 6) is 1.42. The van der Waals surface area contributed by atoms with E-state index in [1.807, 2.05) is 12.5 Å². The monoisotopic (exact) mass is 263 g/mol. The molecule has 1 fully saturated rings. The Balaban J connectivity index is 2.02. The van der Waals surface area contributed by atoms with Crippen LogP contribution in [-0.2, 0) is 0 Å².